The van der Waals surface area contributed by atoms with Gasteiger partial charge in [0.25, 0.3) is 5.79 Å². The zero-order valence-electron chi connectivity index (χ0n) is 9.35. The van der Waals surface area contributed by atoms with Crippen LogP contribution in [0.2, 0.25) is 0 Å². The molecule has 1 rings (SSSR count). The first-order chi connectivity index (χ1) is 7.69. The Hall–Kier alpha value is -0.770. The average molecular weight is 250 g/mol. The van der Waals surface area contributed by atoms with Crippen molar-refractivity contribution in [2.75, 3.05) is 0 Å². The van der Waals surface area contributed by atoms with Gasteiger partial charge in [0.15, 0.2) is 0 Å². The summed E-state index contributed by atoms with van der Waals surface area (Å²) in [4.78, 5) is 10.8. The minimum absolute atomic E-state index is 0.549. The van der Waals surface area contributed by atoms with Crippen LogP contribution < -0.4 is 11.5 Å². The third-order valence-electron chi connectivity index (χ3n) is 2.91. The fourth-order valence-electron chi connectivity index (χ4n) is 1.74. The molecule has 0 amide bonds. The van der Waals surface area contributed by atoms with Gasteiger partial charge in [-0.05, 0) is 6.92 Å². The smallest absolute Gasteiger partial charge is 0.364 e. The predicted octanol–water partition coefficient (Wildman–Crippen LogP) is -3.06. The molecular formula is C9H18N2O6. The summed E-state index contributed by atoms with van der Waals surface area (Å²) in [6.07, 6.45) is -4.00. The molecule has 1 unspecified atom stereocenters. The van der Waals surface area contributed by atoms with E-state index in [1.807, 2.05) is 0 Å². The number of carboxylic acid groups (broad SMARTS) is 1. The van der Waals surface area contributed by atoms with Crippen molar-refractivity contribution in [2.24, 2.45) is 11.5 Å². The second-order valence-corrected chi connectivity index (χ2v) is 4.34. The number of hydrogen-bond donors (Lipinski definition) is 6. The third kappa shape index (κ3) is 2.73. The molecule has 8 nitrogen and oxygen atoms in total. The van der Waals surface area contributed by atoms with Crippen LogP contribution in [0.25, 0.3) is 0 Å². The molecule has 17 heavy (non-hydrogen) atoms. The van der Waals surface area contributed by atoms with E-state index in [4.69, 9.17) is 21.3 Å². The highest BCUT2D eigenvalue weighted by molar-refractivity contribution is 5.75. The van der Waals surface area contributed by atoms with E-state index >= 15 is 0 Å². The van der Waals surface area contributed by atoms with E-state index in [9.17, 15) is 20.1 Å². The number of carbonyl (C=O) groups is 1. The first-order valence-electron chi connectivity index (χ1n) is 5.20. The lowest BCUT2D eigenvalue weighted by molar-refractivity contribution is -0.279. The number of aliphatic hydroxyl groups is 3. The molecule has 0 saturated carbocycles. The van der Waals surface area contributed by atoms with Crippen LogP contribution in [0.3, 0.4) is 0 Å². The Morgan fingerprint density at radius 2 is 2.12 bits per heavy atom. The summed E-state index contributed by atoms with van der Waals surface area (Å²) in [6, 6.07) is -1.98. The van der Waals surface area contributed by atoms with Crippen molar-refractivity contribution in [3.63, 3.8) is 0 Å². The number of carboxylic acids is 1. The van der Waals surface area contributed by atoms with E-state index in [0.717, 1.165) is 0 Å². The summed E-state index contributed by atoms with van der Waals surface area (Å²) in [5, 5.41) is 37.4. The Kier molecular flexibility index (Phi) is 4.07. The highest BCUT2D eigenvalue weighted by Crippen LogP contribution is 2.28. The van der Waals surface area contributed by atoms with Gasteiger partial charge in [0.1, 0.15) is 0 Å². The first kappa shape index (κ1) is 14.3. The molecule has 0 aromatic carbocycles. The van der Waals surface area contributed by atoms with Gasteiger partial charge in [0, 0.05) is 6.42 Å². The second kappa shape index (κ2) is 4.84. The fourth-order valence-corrected chi connectivity index (χ4v) is 1.74. The highest BCUT2D eigenvalue weighted by atomic mass is 16.7. The highest BCUT2D eigenvalue weighted by Gasteiger charge is 2.51. The monoisotopic (exact) mass is 250 g/mol. The molecule has 6 atom stereocenters. The van der Waals surface area contributed by atoms with Crippen molar-refractivity contribution in [1.82, 2.24) is 0 Å². The van der Waals surface area contributed by atoms with Gasteiger partial charge < -0.3 is 36.6 Å². The zero-order valence-corrected chi connectivity index (χ0v) is 9.35. The Morgan fingerprint density at radius 3 is 2.53 bits per heavy atom. The van der Waals surface area contributed by atoms with Gasteiger partial charge in [-0.2, -0.15) is 0 Å². The Morgan fingerprint density at radius 1 is 1.59 bits per heavy atom. The lowest BCUT2D eigenvalue weighted by Crippen LogP contribution is -2.66. The predicted molar refractivity (Wildman–Crippen MR) is 55.7 cm³/mol. The van der Waals surface area contributed by atoms with Crippen LogP contribution in [-0.2, 0) is 9.53 Å². The fraction of sp³-hybridized carbons (Fsp3) is 0.889. The summed E-state index contributed by atoms with van der Waals surface area (Å²) >= 11 is 0. The lowest BCUT2D eigenvalue weighted by atomic mass is 9.89. The summed E-state index contributed by atoms with van der Waals surface area (Å²) in [5.74, 6) is -4.17. The van der Waals surface area contributed by atoms with Crippen LogP contribution in [0.4, 0.5) is 0 Å². The summed E-state index contributed by atoms with van der Waals surface area (Å²) in [5.41, 5.74) is 11.2. The van der Waals surface area contributed by atoms with Crippen molar-refractivity contribution >= 4 is 5.97 Å². The molecule has 0 radical (unpaired) electrons. The van der Waals surface area contributed by atoms with Crippen LogP contribution in [-0.4, -0.2) is 62.6 Å². The molecule has 8 N–H and O–H groups in total. The average Bonchev–Trinajstić information content (AvgIpc) is 2.22. The van der Waals surface area contributed by atoms with E-state index in [1.54, 1.807) is 0 Å². The summed E-state index contributed by atoms with van der Waals surface area (Å²) < 4.78 is 4.93. The van der Waals surface area contributed by atoms with Gasteiger partial charge >= 0.3 is 5.97 Å². The minimum Gasteiger partial charge on any atom is -0.477 e. The summed E-state index contributed by atoms with van der Waals surface area (Å²) in [6.45, 7) is 1.38. The SMILES string of the molecule is C[C@@H](O)[C@@H](N)C1O[C@](O)(C(=O)O)C[C@H](O)[C@H]1N. The number of hydrogen-bond acceptors (Lipinski definition) is 7. The zero-order chi connectivity index (χ0) is 13.4. The molecule has 1 saturated heterocycles. The standard InChI is InChI=1S/C9H18N2O6/c1-3(12)5(10)7-6(11)4(13)2-9(16,17-7)8(14)15/h3-7,12-13,16H,2,10-11H2,1H3,(H,14,15)/t3-,4+,5-,6-,7?,9+/m1/s1. The molecule has 100 valence electrons. The Labute approximate surface area is 97.8 Å². The van der Waals surface area contributed by atoms with E-state index in [1.165, 1.54) is 6.92 Å². The molecule has 8 heteroatoms. The Bertz CT molecular complexity index is 295. The van der Waals surface area contributed by atoms with Crippen molar-refractivity contribution in [3.8, 4) is 0 Å². The molecule has 0 aliphatic carbocycles. The van der Waals surface area contributed by atoms with Crippen LogP contribution in [0, 0.1) is 0 Å². The third-order valence-corrected chi connectivity index (χ3v) is 2.91. The van der Waals surface area contributed by atoms with Gasteiger partial charge in [-0.25, -0.2) is 4.79 Å². The van der Waals surface area contributed by atoms with Crippen LogP contribution in [0.15, 0.2) is 0 Å². The second-order valence-electron chi connectivity index (χ2n) is 4.34. The van der Waals surface area contributed by atoms with E-state index < -0.39 is 48.6 Å². The maximum absolute atomic E-state index is 10.8. The van der Waals surface area contributed by atoms with Crippen LogP contribution in [0.1, 0.15) is 13.3 Å². The first-order valence-corrected chi connectivity index (χ1v) is 5.20. The molecule has 1 aliphatic rings. The maximum Gasteiger partial charge on any atom is 0.364 e. The van der Waals surface area contributed by atoms with E-state index in [0.29, 0.717) is 0 Å². The molecule has 0 aromatic rings. The van der Waals surface area contributed by atoms with Crippen molar-refractivity contribution < 1.29 is 30.0 Å². The van der Waals surface area contributed by atoms with Crippen molar-refractivity contribution in [3.05, 3.63) is 0 Å². The molecule has 1 fully saturated rings. The van der Waals surface area contributed by atoms with Gasteiger partial charge in [0.05, 0.1) is 30.4 Å². The summed E-state index contributed by atoms with van der Waals surface area (Å²) in [7, 11) is 0. The number of ether oxygens (including phenoxy) is 1. The largest absolute Gasteiger partial charge is 0.477 e. The number of aliphatic carboxylic acids is 1. The van der Waals surface area contributed by atoms with Gasteiger partial charge in [-0.3, -0.25) is 0 Å². The normalized spacial score (nSPS) is 41.9. The molecular weight excluding hydrogens is 232 g/mol. The van der Waals surface area contributed by atoms with E-state index in [2.05, 4.69) is 0 Å². The van der Waals surface area contributed by atoms with E-state index in [-0.39, 0.29) is 0 Å². The molecule has 0 spiro atoms. The van der Waals surface area contributed by atoms with Crippen molar-refractivity contribution in [1.29, 1.82) is 0 Å². The minimum atomic E-state index is -2.54. The lowest BCUT2D eigenvalue weighted by Gasteiger charge is -2.43. The molecule has 1 heterocycles. The topological polar surface area (TPSA) is 159 Å². The number of aliphatic hydroxyl groups excluding tert-OH is 2. The van der Waals surface area contributed by atoms with Crippen molar-refractivity contribution in [2.45, 2.75) is 49.5 Å². The Balaban J connectivity index is 2.93. The maximum atomic E-state index is 10.8. The molecule has 0 aromatic heterocycles. The molecule has 1 aliphatic heterocycles. The van der Waals surface area contributed by atoms with Crippen LogP contribution >= 0.6 is 0 Å². The van der Waals surface area contributed by atoms with Crippen LogP contribution in [0.5, 0.6) is 0 Å². The van der Waals surface area contributed by atoms with Gasteiger partial charge in [-0.1, -0.05) is 0 Å². The quantitative estimate of drug-likeness (QED) is 0.308. The number of nitrogens with two attached hydrogens (primary N) is 2. The molecule has 0 bridgehead atoms. The van der Waals surface area contributed by atoms with Gasteiger partial charge in [0.2, 0.25) is 0 Å². The number of rotatable bonds is 3. The van der Waals surface area contributed by atoms with Gasteiger partial charge in [-0.15, -0.1) is 0 Å².